The number of amides is 1. The number of hydrogen-bond donors (Lipinski definition) is 2. The molecule has 3 heterocycles. The van der Waals surface area contributed by atoms with E-state index in [1.807, 2.05) is 11.0 Å². The summed E-state index contributed by atoms with van der Waals surface area (Å²) in [6.45, 7) is 1.16. The van der Waals surface area contributed by atoms with Crippen LogP contribution in [0.2, 0.25) is 0 Å². The van der Waals surface area contributed by atoms with Gasteiger partial charge in [0.1, 0.15) is 23.5 Å². The molecule has 1 aromatic carbocycles. The Balaban J connectivity index is 1.41. The van der Waals surface area contributed by atoms with Crippen molar-refractivity contribution in [3.8, 4) is 6.07 Å². The lowest BCUT2D eigenvalue weighted by Gasteiger charge is -2.41. The number of benzene rings is 1. The molecule has 1 amide bonds. The van der Waals surface area contributed by atoms with Gasteiger partial charge in [0.25, 0.3) is 5.56 Å². The molecule has 1 aliphatic rings. The van der Waals surface area contributed by atoms with Crippen LogP contribution in [0.3, 0.4) is 0 Å². The molecular weight excluding hydrogens is 415 g/mol. The number of aromatic amines is 1. The fourth-order valence-electron chi connectivity index (χ4n) is 3.83. The van der Waals surface area contributed by atoms with E-state index in [1.165, 1.54) is 18.3 Å². The smallest absolute Gasteiger partial charge is 0.258 e. The van der Waals surface area contributed by atoms with E-state index in [2.05, 4.69) is 15.0 Å². The first kappa shape index (κ1) is 21.4. The highest BCUT2D eigenvalue weighted by Crippen LogP contribution is 2.18. The van der Waals surface area contributed by atoms with Gasteiger partial charge in [-0.25, -0.2) is 14.4 Å². The van der Waals surface area contributed by atoms with Gasteiger partial charge in [-0.05, 0) is 30.3 Å². The number of hydrogen-bond acceptors (Lipinski definition) is 7. The van der Waals surface area contributed by atoms with Crippen molar-refractivity contribution in [1.29, 1.82) is 5.26 Å². The summed E-state index contributed by atoms with van der Waals surface area (Å²) in [5.74, 6) is 0.365. The molecule has 32 heavy (non-hydrogen) atoms. The van der Waals surface area contributed by atoms with Crippen molar-refractivity contribution >= 4 is 22.6 Å². The van der Waals surface area contributed by atoms with Crippen LogP contribution in [-0.2, 0) is 11.2 Å². The molecule has 1 aliphatic heterocycles. The Bertz CT molecular complexity index is 1240. The molecule has 1 atom stereocenters. The average Bonchev–Trinajstić information content (AvgIpc) is 2.82. The summed E-state index contributed by atoms with van der Waals surface area (Å²) >= 11 is 0. The number of aromatic nitrogens is 3. The summed E-state index contributed by atoms with van der Waals surface area (Å²) in [5, 5.41) is 18.9. The molecule has 1 fully saturated rings. The third-order valence-electron chi connectivity index (χ3n) is 5.51. The zero-order valence-electron chi connectivity index (χ0n) is 17.2. The number of rotatable bonds is 5. The van der Waals surface area contributed by atoms with Gasteiger partial charge in [0.05, 0.1) is 29.1 Å². The van der Waals surface area contributed by atoms with Crippen molar-refractivity contribution < 1.29 is 14.3 Å². The molecule has 0 aliphatic carbocycles. The number of pyridine rings is 1. The number of halogens is 1. The third-order valence-corrected chi connectivity index (χ3v) is 5.51. The van der Waals surface area contributed by atoms with Gasteiger partial charge in [0.2, 0.25) is 5.91 Å². The van der Waals surface area contributed by atoms with E-state index in [0.717, 1.165) is 6.07 Å². The molecule has 2 N–H and O–H groups in total. The summed E-state index contributed by atoms with van der Waals surface area (Å²) in [6, 6.07) is 8.85. The second kappa shape index (κ2) is 9.11. The number of H-pyrrole nitrogens is 1. The molecule has 0 bridgehead atoms. The molecule has 4 rings (SSSR count). The molecule has 0 spiro atoms. The number of piperazine rings is 1. The average molecular weight is 436 g/mol. The van der Waals surface area contributed by atoms with Crippen molar-refractivity contribution in [2.45, 2.75) is 18.9 Å². The standard InChI is InChI=1S/C22H21FN6O3/c23-15-2-3-18-17(9-15)22(32)27-19(26-18)4-6-21(31)29-8-7-28(12-16(29)13-30)20-5-1-14(10-24)11-25-20/h1-3,5,9,11,16,30H,4,6-8,12-13H2,(H,26,27,32)/t16-/m0/s1. The monoisotopic (exact) mass is 436 g/mol. The number of nitrogens with zero attached hydrogens (tertiary/aromatic N) is 5. The Kier molecular flexibility index (Phi) is 6.09. The molecule has 164 valence electrons. The van der Waals surface area contributed by atoms with Crippen molar-refractivity contribution in [2.24, 2.45) is 0 Å². The highest BCUT2D eigenvalue weighted by atomic mass is 19.1. The Morgan fingerprint density at radius 2 is 2.16 bits per heavy atom. The van der Waals surface area contributed by atoms with Crippen LogP contribution in [0.1, 0.15) is 17.8 Å². The number of anilines is 1. The van der Waals surface area contributed by atoms with Crippen LogP contribution in [0.15, 0.2) is 41.3 Å². The maximum Gasteiger partial charge on any atom is 0.258 e. The zero-order valence-corrected chi connectivity index (χ0v) is 17.2. The summed E-state index contributed by atoms with van der Waals surface area (Å²) in [4.78, 5) is 39.8. The number of aliphatic hydroxyl groups excluding tert-OH is 1. The van der Waals surface area contributed by atoms with E-state index >= 15 is 0 Å². The van der Waals surface area contributed by atoms with Crippen LogP contribution < -0.4 is 10.5 Å². The minimum atomic E-state index is -0.516. The number of aliphatic hydroxyl groups is 1. The molecular formula is C22H21FN6O3. The van der Waals surface area contributed by atoms with E-state index in [0.29, 0.717) is 42.4 Å². The van der Waals surface area contributed by atoms with Gasteiger partial charge in [0.15, 0.2) is 0 Å². The second-order valence-corrected chi connectivity index (χ2v) is 7.56. The van der Waals surface area contributed by atoms with Crippen LogP contribution in [0.4, 0.5) is 10.2 Å². The molecule has 0 radical (unpaired) electrons. The normalized spacial score (nSPS) is 16.2. The lowest BCUT2D eigenvalue weighted by molar-refractivity contribution is -0.134. The Hall–Kier alpha value is -3.84. The van der Waals surface area contributed by atoms with Gasteiger partial charge in [-0.15, -0.1) is 0 Å². The maximum absolute atomic E-state index is 13.3. The summed E-state index contributed by atoms with van der Waals surface area (Å²) in [5.41, 5.74) is 0.384. The number of aryl methyl sites for hydroxylation is 1. The van der Waals surface area contributed by atoms with E-state index < -0.39 is 17.4 Å². The molecule has 3 aromatic rings. The summed E-state index contributed by atoms with van der Waals surface area (Å²) < 4.78 is 13.3. The minimum absolute atomic E-state index is 0.112. The molecule has 1 saturated heterocycles. The first-order valence-corrected chi connectivity index (χ1v) is 10.2. The van der Waals surface area contributed by atoms with Gasteiger partial charge >= 0.3 is 0 Å². The van der Waals surface area contributed by atoms with Gasteiger partial charge in [-0.3, -0.25) is 9.59 Å². The Morgan fingerprint density at radius 3 is 2.88 bits per heavy atom. The number of carbonyl (C=O) groups is 1. The highest BCUT2D eigenvalue weighted by Gasteiger charge is 2.30. The quantitative estimate of drug-likeness (QED) is 0.610. The summed E-state index contributed by atoms with van der Waals surface area (Å²) in [7, 11) is 0. The first-order valence-electron chi connectivity index (χ1n) is 10.2. The molecule has 0 unspecified atom stereocenters. The molecule has 0 saturated carbocycles. The SMILES string of the molecule is N#Cc1ccc(N2CCN(C(=O)CCc3nc4ccc(F)cc4c(=O)[nH]3)[C@H](CO)C2)nc1. The molecule has 10 heteroatoms. The van der Waals surface area contributed by atoms with Crippen LogP contribution in [0.5, 0.6) is 0 Å². The number of nitrogens with one attached hydrogen (secondary N) is 1. The first-order chi connectivity index (χ1) is 15.5. The fraction of sp³-hybridized carbons (Fsp3) is 0.318. The largest absolute Gasteiger partial charge is 0.394 e. The maximum atomic E-state index is 13.3. The lowest BCUT2D eigenvalue weighted by atomic mass is 10.1. The predicted molar refractivity (Wildman–Crippen MR) is 114 cm³/mol. The van der Waals surface area contributed by atoms with Crippen LogP contribution in [-0.4, -0.2) is 63.1 Å². The van der Waals surface area contributed by atoms with E-state index in [1.54, 1.807) is 17.0 Å². The van der Waals surface area contributed by atoms with Crippen LogP contribution in [0.25, 0.3) is 10.9 Å². The van der Waals surface area contributed by atoms with Crippen molar-refractivity contribution in [3.05, 3.63) is 64.1 Å². The molecule has 2 aromatic heterocycles. The number of nitriles is 1. The van der Waals surface area contributed by atoms with Gasteiger partial charge in [0, 0.05) is 38.7 Å². The van der Waals surface area contributed by atoms with E-state index in [-0.39, 0.29) is 30.7 Å². The van der Waals surface area contributed by atoms with Crippen LogP contribution in [0, 0.1) is 17.1 Å². The third kappa shape index (κ3) is 4.43. The van der Waals surface area contributed by atoms with Crippen molar-refractivity contribution in [2.75, 3.05) is 31.1 Å². The van der Waals surface area contributed by atoms with E-state index in [9.17, 15) is 19.1 Å². The Labute approximate surface area is 182 Å². The summed E-state index contributed by atoms with van der Waals surface area (Å²) in [6.07, 6.45) is 1.82. The zero-order chi connectivity index (χ0) is 22.7. The van der Waals surface area contributed by atoms with Gasteiger partial charge in [-0.1, -0.05) is 0 Å². The Morgan fingerprint density at radius 1 is 1.31 bits per heavy atom. The topological polar surface area (TPSA) is 126 Å². The fourth-order valence-corrected chi connectivity index (χ4v) is 3.83. The van der Waals surface area contributed by atoms with Gasteiger partial charge < -0.3 is 19.9 Å². The minimum Gasteiger partial charge on any atom is -0.394 e. The predicted octanol–water partition coefficient (Wildman–Crippen LogP) is 0.971. The van der Waals surface area contributed by atoms with E-state index in [4.69, 9.17) is 5.26 Å². The highest BCUT2D eigenvalue weighted by molar-refractivity contribution is 5.78. The van der Waals surface area contributed by atoms with Crippen LogP contribution >= 0.6 is 0 Å². The number of fused-ring (bicyclic) bond motifs is 1. The van der Waals surface area contributed by atoms with Gasteiger partial charge in [-0.2, -0.15) is 5.26 Å². The van der Waals surface area contributed by atoms with Crippen molar-refractivity contribution in [1.82, 2.24) is 19.9 Å². The van der Waals surface area contributed by atoms with Crippen molar-refractivity contribution in [3.63, 3.8) is 0 Å². The lowest BCUT2D eigenvalue weighted by Crippen LogP contribution is -2.57. The second-order valence-electron chi connectivity index (χ2n) is 7.56. The molecule has 9 nitrogen and oxygen atoms in total. The number of carbonyl (C=O) groups excluding carboxylic acids is 1.